The zero-order valence-electron chi connectivity index (χ0n) is 15.0. The summed E-state index contributed by atoms with van der Waals surface area (Å²) in [4.78, 5) is 14.8. The van der Waals surface area contributed by atoms with E-state index in [9.17, 15) is 4.79 Å². The van der Waals surface area contributed by atoms with Crippen LogP contribution in [0.2, 0.25) is 0 Å². The van der Waals surface area contributed by atoms with Crippen LogP contribution in [0, 0.1) is 0 Å². The van der Waals surface area contributed by atoms with Crippen LogP contribution in [0.15, 0.2) is 46.9 Å². The molecule has 1 unspecified atom stereocenters. The van der Waals surface area contributed by atoms with Gasteiger partial charge in [0.1, 0.15) is 0 Å². The maximum Gasteiger partial charge on any atom is 0.254 e. The first-order valence-corrected chi connectivity index (χ1v) is 9.53. The number of ether oxygens (including phenoxy) is 2. The molecule has 0 saturated carbocycles. The quantitative estimate of drug-likeness (QED) is 0.763. The smallest absolute Gasteiger partial charge is 0.254 e. The van der Waals surface area contributed by atoms with Crippen molar-refractivity contribution < 1.29 is 14.3 Å². The van der Waals surface area contributed by atoms with Crippen LogP contribution in [-0.2, 0) is 0 Å². The van der Waals surface area contributed by atoms with Crippen molar-refractivity contribution in [3.05, 3.63) is 52.5 Å². The summed E-state index contributed by atoms with van der Waals surface area (Å²) in [6.07, 6.45) is 0.927. The lowest BCUT2D eigenvalue weighted by Crippen LogP contribution is -2.31. The summed E-state index contributed by atoms with van der Waals surface area (Å²) in [6, 6.07) is 13.9. The Bertz CT molecular complexity index is 767. The van der Waals surface area contributed by atoms with Gasteiger partial charge >= 0.3 is 0 Å². The third kappa shape index (κ3) is 4.12. The lowest BCUT2D eigenvalue weighted by Gasteiger charge is -2.19. The minimum Gasteiger partial charge on any atom is -0.493 e. The van der Waals surface area contributed by atoms with Crippen molar-refractivity contribution in [2.75, 3.05) is 32.1 Å². The summed E-state index contributed by atoms with van der Waals surface area (Å²) >= 11 is 3.48. The van der Waals surface area contributed by atoms with Crippen LogP contribution in [0.3, 0.4) is 0 Å². The first kappa shape index (κ1) is 18.6. The molecule has 3 rings (SSSR count). The number of likely N-dealkylation sites (tertiary alicyclic amines) is 1. The number of para-hydroxylation sites is 1. The van der Waals surface area contributed by atoms with E-state index in [0.29, 0.717) is 30.2 Å². The number of methoxy groups -OCH3 is 1. The first-order chi connectivity index (χ1) is 12.6. The Balaban J connectivity index is 1.71. The first-order valence-electron chi connectivity index (χ1n) is 8.73. The topological polar surface area (TPSA) is 50.8 Å². The molecule has 5 nitrogen and oxygen atoms in total. The van der Waals surface area contributed by atoms with Gasteiger partial charge in [-0.25, -0.2) is 0 Å². The van der Waals surface area contributed by atoms with E-state index in [-0.39, 0.29) is 11.9 Å². The number of nitrogens with one attached hydrogen (secondary N) is 1. The van der Waals surface area contributed by atoms with Crippen molar-refractivity contribution in [2.24, 2.45) is 0 Å². The van der Waals surface area contributed by atoms with Crippen LogP contribution in [0.25, 0.3) is 0 Å². The zero-order chi connectivity index (χ0) is 18.5. The number of carbonyl (C=O) groups excluding carboxylic acids is 1. The highest BCUT2D eigenvalue weighted by atomic mass is 79.9. The average Bonchev–Trinajstić information content (AvgIpc) is 3.12. The molecule has 138 valence electrons. The molecule has 1 atom stereocenters. The monoisotopic (exact) mass is 418 g/mol. The Morgan fingerprint density at radius 2 is 2.08 bits per heavy atom. The Morgan fingerprint density at radius 1 is 1.31 bits per heavy atom. The summed E-state index contributed by atoms with van der Waals surface area (Å²) in [5, 5.41) is 3.49. The average molecular weight is 419 g/mol. The normalized spacial score (nSPS) is 16.4. The van der Waals surface area contributed by atoms with E-state index in [1.165, 1.54) is 0 Å². The Labute approximate surface area is 162 Å². The van der Waals surface area contributed by atoms with Crippen LogP contribution in [0.4, 0.5) is 5.69 Å². The van der Waals surface area contributed by atoms with Gasteiger partial charge in [-0.2, -0.15) is 0 Å². The minimum absolute atomic E-state index is 0.00408. The van der Waals surface area contributed by atoms with Crippen LogP contribution >= 0.6 is 15.9 Å². The lowest BCUT2D eigenvalue weighted by molar-refractivity contribution is 0.0791. The molecule has 1 N–H and O–H groups in total. The standard InChI is InChI=1S/C20H23BrN2O3/c1-3-26-19-17(21)11-14(12-18(19)25-2)20(24)23-10-9-16(13-23)22-15-7-5-4-6-8-15/h4-8,11-12,16,22H,3,9-10,13H2,1-2H3. The fraction of sp³-hybridized carbons (Fsp3) is 0.350. The highest BCUT2D eigenvalue weighted by Gasteiger charge is 2.28. The second kappa shape index (κ2) is 8.45. The predicted molar refractivity (Wildman–Crippen MR) is 106 cm³/mol. The van der Waals surface area contributed by atoms with E-state index in [1.54, 1.807) is 19.2 Å². The summed E-state index contributed by atoms with van der Waals surface area (Å²) in [7, 11) is 1.58. The van der Waals surface area contributed by atoms with Gasteiger partial charge in [-0.15, -0.1) is 0 Å². The zero-order valence-corrected chi connectivity index (χ0v) is 16.6. The number of rotatable bonds is 6. The highest BCUT2D eigenvalue weighted by molar-refractivity contribution is 9.10. The maximum absolute atomic E-state index is 12.9. The molecule has 0 bridgehead atoms. The third-order valence-electron chi connectivity index (χ3n) is 4.39. The van der Waals surface area contributed by atoms with Crippen molar-refractivity contribution in [1.29, 1.82) is 0 Å². The van der Waals surface area contributed by atoms with E-state index in [0.717, 1.165) is 23.1 Å². The molecule has 6 heteroatoms. The van der Waals surface area contributed by atoms with Crippen molar-refractivity contribution in [1.82, 2.24) is 4.90 Å². The molecule has 0 spiro atoms. The Kier molecular flexibility index (Phi) is 6.04. The van der Waals surface area contributed by atoms with Gasteiger partial charge in [-0.3, -0.25) is 4.79 Å². The molecule has 1 aliphatic rings. The fourth-order valence-corrected chi connectivity index (χ4v) is 3.70. The van der Waals surface area contributed by atoms with Crippen LogP contribution in [-0.4, -0.2) is 43.7 Å². The van der Waals surface area contributed by atoms with E-state index < -0.39 is 0 Å². The molecular formula is C20H23BrN2O3. The minimum atomic E-state index is 0.00408. The number of hydrogen-bond acceptors (Lipinski definition) is 4. The molecule has 1 saturated heterocycles. The number of benzene rings is 2. The molecule has 1 fully saturated rings. The summed E-state index contributed by atoms with van der Waals surface area (Å²) in [5.74, 6) is 1.18. The molecule has 0 aliphatic carbocycles. The van der Waals surface area contributed by atoms with Crippen LogP contribution in [0.1, 0.15) is 23.7 Å². The molecule has 0 radical (unpaired) electrons. The molecule has 26 heavy (non-hydrogen) atoms. The molecule has 0 aromatic heterocycles. The van der Waals surface area contributed by atoms with Gasteiger partial charge in [-0.05, 0) is 53.5 Å². The molecule has 1 aliphatic heterocycles. The van der Waals surface area contributed by atoms with Gasteiger partial charge in [0, 0.05) is 30.4 Å². The van der Waals surface area contributed by atoms with Crippen LogP contribution < -0.4 is 14.8 Å². The van der Waals surface area contributed by atoms with Crippen molar-refractivity contribution in [2.45, 2.75) is 19.4 Å². The number of halogens is 1. The fourth-order valence-electron chi connectivity index (χ4n) is 3.14. The van der Waals surface area contributed by atoms with E-state index >= 15 is 0 Å². The lowest BCUT2D eigenvalue weighted by atomic mass is 10.1. The summed E-state index contributed by atoms with van der Waals surface area (Å²) < 4.78 is 11.7. The molecule has 2 aromatic rings. The highest BCUT2D eigenvalue weighted by Crippen LogP contribution is 2.37. The number of anilines is 1. The van der Waals surface area contributed by atoms with Crippen LogP contribution in [0.5, 0.6) is 11.5 Å². The van der Waals surface area contributed by atoms with Gasteiger partial charge in [0.2, 0.25) is 0 Å². The number of nitrogens with zero attached hydrogens (tertiary/aromatic N) is 1. The Morgan fingerprint density at radius 3 is 2.77 bits per heavy atom. The molecular weight excluding hydrogens is 396 g/mol. The molecule has 1 amide bonds. The van der Waals surface area contributed by atoms with Gasteiger partial charge in [0.15, 0.2) is 11.5 Å². The maximum atomic E-state index is 12.9. The van der Waals surface area contributed by atoms with Crippen molar-refractivity contribution >= 4 is 27.5 Å². The molecule has 2 aromatic carbocycles. The van der Waals surface area contributed by atoms with Gasteiger partial charge < -0.3 is 19.7 Å². The Hall–Kier alpha value is -2.21. The van der Waals surface area contributed by atoms with Crippen molar-refractivity contribution in [3.63, 3.8) is 0 Å². The van der Waals surface area contributed by atoms with Gasteiger partial charge in [0.05, 0.1) is 18.2 Å². The predicted octanol–water partition coefficient (Wildman–Crippen LogP) is 4.18. The van der Waals surface area contributed by atoms with Gasteiger partial charge in [-0.1, -0.05) is 18.2 Å². The molecule has 1 heterocycles. The second-order valence-electron chi connectivity index (χ2n) is 6.17. The number of carbonyl (C=O) groups is 1. The van der Waals surface area contributed by atoms with E-state index in [1.807, 2.05) is 42.2 Å². The SMILES string of the molecule is CCOc1c(Br)cc(C(=O)N2CCC(Nc3ccccc3)C2)cc1OC. The number of amides is 1. The number of hydrogen-bond donors (Lipinski definition) is 1. The van der Waals surface area contributed by atoms with E-state index in [2.05, 4.69) is 21.2 Å². The third-order valence-corrected chi connectivity index (χ3v) is 4.97. The largest absolute Gasteiger partial charge is 0.493 e. The second-order valence-corrected chi connectivity index (χ2v) is 7.02. The summed E-state index contributed by atoms with van der Waals surface area (Å²) in [5.41, 5.74) is 1.68. The summed E-state index contributed by atoms with van der Waals surface area (Å²) in [6.45, 7) is 3.85. The van der Waals surface area contributed by atoms with Gasteiger partial charge in [0.25, 0.3) is 5.91 Å². The van der Waals surface area contributed by atoms with Crippen molar-refractivity contribution in [3.8, 4) is 11.5 Å². The van der Waals surface area contributed by atoms with E-state index in [4.69, 9.17) is 9.47 Å².